The first-order chi connectivity index (χ1) is 13.9. The van der Waals surface area contributed by atoms with Crippen molar-refractivity contribution in [3.8, 4) is 6.07 Å². The predicted molar refractivity (Wildman–Crippen MR) is 102 cm³/mol. The minimum absolute atomic E-state index is 0.0255. The molecule has 1 aliphatic rings. The second-order valence-electron chi connectivity index (χ2n) is 7.04. The smallest absolute Gasteiger partial charge is 0.301 e. The largest absolute Gasteiger partial charge is 0.391 e. The summed E-state index contributed by atoms with van der Waals surface area (Å²) in [7, 11) is 0. The standard InChI is InChI=1S/C18H22F3N7S/c1-29-8-2-7-28-17(25-26-27-28)16(12-3-5-15(10-22)23-11-12)24-14-6-4-13(9-14)18(19,20)21/h3,5,11,13-14,16,24H,2,4,6-9H2,1H3/t13-,14+,16?/m0/s1. The van der Waals surface area contributed by atoms with Gasteiger partial charge in [0, 0.05) is 18.8 Å². The van der Waals surface area contributed by atoms with Gasteiger partial charge in [0.1, 0.15) is 11.8 Å². The third-order valence-corrected chi connectivity index (χ3v) is 5.77. The van der Waals surface area contributed by atoms with E-state index in [0.29, 0.717) is 24.4 Å². The van der Waals surface area contributed by atoms with Crippen molar-refractivity contribution in [2.75, 3.05) is 12.0 Å². The fourth-order valence-electron chi connectivity index (χ4n) is 3.56. The highest BCUT2D eigenvalue weighted by atomic mass is 32.2. The van der Waals surface area contributed by atoms with Crippen LogP contribution in [0.2, 0.25) is 0 Å². The van der Waals surface area contributed by atoms with Crippen LogP contribution in [0, 0.1) is 17.2 Å². The molecule has 29 heavy (non-hydrogen) atoms. The average Bonchev–Trinajstić information content (AvgIpc) is 3.36. The molecular weight excluding hydrogens is 403 g/mol. The van der Waals surface area contributed by atoms with Crippen molar-refractivity contribution in [1.82, 2.24) is 30.5 Å². The number of halogens is 3. The van der Waals surface area contributed by atoms with Crippen molar-refractivity contribution < 1.29 is 13.2 Å². The van der Waals surface area contributed by atoms with Gasteiger partial charge < -0.3 is 5.32 Å². The summed E-state index contributed by atoms with van der Waals surface area (Å²) < 4.78 is 40.9. The van der Waals surface area contributed by atoms with Crippen LogP contribution >= 0.6 is 11.8 Å². The number of rotatable bonds is 8. The minimum Gasteiger partial charge on any atom is -0.301 e. The van der Waals surface area contributed by atoms with Gasteiger partial charge >= 0.3 is 6.18 Å². The molecule has 2 heterocycles. The van der Waals surface area contributed by atoms with Crippen LogP contribution in [0.5, 0.6) is 0 Å². The second kappa shape index (κ2) is 9.54. The van der Waals surface area contributed by atoms with Crippen LogP contribution < -0.4 is 5.32 Å². The molecule has 1 aliphatic carbocycles. The fraction of sp³-hybridized carbons (Fsp3) is 0.611. The highest BCUT2D eigenvalue weighted by molar-refractivity contribution is 7.98. The van der Waals surface area contributed by atoms with Gasteiger partial charge in [0.15, 0.2) is 5.82 Å². The Labute approximate surface area is 171 Å². The maximum Gasteiger partial charge on any atom is 0.391 e. The number of aromatic nitrogens is 5. The molecule has 1 unspecified atom stereocenters. The lowest BCUT2D eigenvalue weighted by atomic mass is 10.0. The van der Waals surface area contributed by atoms with E-state index in [2.05, 4.69) is 25.8 Å². The van der Waals surface area contributed by atoms with Gasteiger partial charge in [-0.1, -0.05) is 6.07 Å². The minimum atomic E-state index is -4.18. The molecule has 11 heteroatoms. The molecular formula is C18H22F3N7S. The van der Waals surface area contributed by atoms with Gasteiger partial charge in [-0.3, -0.25) is 0 Å². The lowest BCUT2D eigenvalue weighted by Crippen LogP contribution is -2.34. The summed E-state index contributed by atoms with van der Waals surface area (Å²) in [6.45, 7) is 0.612. The van der Waals surface area contributed by atoms with Crippen LogP contribution in [0.1, 0.15) is 48.8 Å². The normalized spacial score (nSPS) is 20.5. The van der Waals surface area contributed by atoms with Gasteiger partial charge in [0.05, 0.1) is 12.0 Å². The second-order valence-corrected chi connectivity index (χ2v) is 8.03. The number of alkyl halides is 3. The van der Waals surface area contributed by atoms with E-state index in [-0.39, 0.29) is 24.6 Å². The molecule has 0 saturated heterocycles. The number of hydrogen-bond donors (Lipinski definition) is 1. The van der Waals surface area contributed by atoms with E-state index < -0.39 is 18.1 Å². The Balaban J connectivity index is 1.83. The molecule has 1 N–H and O–H groups in total. The van der Waals surface area contributed by atoms with Crippen LogP contribution in [0.3, 0.4) is 0 Å². The van der Waals surface area contributed by atoms with Crippen LogP contribution in [-0.4, -0.2) is 49.4 Å². The van der Waals surface area contributed by atoms with Crippen LogP contribution in [0.15, 0.2) is 18.3 Å². The molecule has 0 spiro atoms. The van der Waals surface area contributed by atoms with Gasteiger partial charge in [-0.05, 0) is 59.7 Å². The first-order valence-corrected chi connectivity index (χ1v) is 10.8. The first kappa shape index (κ1) is 21.5. The Bertz CT molecular complexity index is 831. The van der Waals surface area contributed by atoms with Gasteiger partial charge in [-0.15, -0.1) is 5.10 Å². The van der Waals surface area contributed by atoms with Gasteiger partial charge in [-0.25, -0.2) is 9.67 Å². The van der Waals surface area contributed by atoms with Crippen LogP contribution in [0.25, 0.3) is 0 Å². The zero-order valence-corrected chi connectivity index (χ0v) is 16.7. The maximum absolute atomic E-state index is 13.1. The number of thioether (sulfide) groups is 1. The van der Waals surface area contributed by atoms with E-state index in [4.69, 9.17) is 5.26 Å². The summed E-state index contributed by atoms with van der Waals surface area (Å²) in [4.78, 5) is 4.10. The van der Waals surface area contributed by atoms with Crippen molar-refractivity contribution in [1.29, 1.82) is 5.26 Å². The van der Waals surface area contributed by atoms with E-state index in [9.17, 15) is 13.2 Å². The van der Waals surface area contributed by atoms with Crippen molar-refractivity contribution in [2.45, 2.75) is 50.5 Å². The number of nitrogens with zero attached hydrogens (tertiary/aromatic N) is 6. The van der Waals surface area contributed by atoms with E-state index in [1.54, 1.807) is 34.8 Å². The lowest BCUT2D eigenvalue weighted by Gasteiger charge is -2.23. The van der Waals surface area contributed by atoms with Crippen LogP contribution in [-0.2, 0) is 6.54 Å². The predicted octanol–water partition coefficient (Wildman–Crippen LogP) is 3.10. The first-order valence-electron chi connectivity index (χ1n) is 9.36. The van der Waals surface area contributed by atoms with E-state index in [0.717, 1.165) is 12.2 Å². The molecule has 1 saturated carbocycles. The monoisotopic (exact) mass is 425 g/mol. The van der Waals surface area contributed by atoms with Gasteiger partial charge in [-0.2, -0.15) is 30.2 Å². The van der Waals surface area contributed by atoms with Crippen molar-refractivity contribution in [3.05, 3.63) is 35.4 Å². The quantitative estimate of drug-likeness (QED) is 0.650. The Morgan fingerprint density at radius 2 is 2.21 bits per heavy atom. The van der Waals surface area contributed by atoms with Crippen molar-refractivity contribution >= 4 is 11.8 Å². The zero-order chi connectivity index (χ0) is 20.9. The summed E-state index contributed by atoms with van der Waals surface area (Å²) in [5.41, 5.74) is 0.977. The van der Waals surface area contributed by atoms with Crippen LogP contribution in [0.4, 0.5) is 13.2 Å². The fourth-order valence-corrected chi connectivity index (χ4v) is 3.98. The Morgan fingerprint density at radius 3 is 2.83 bits per heavy atom. The third kappa shape index (κ3) is 5.45. The van der Waals surface area contributed by atoms with E-state index in [1.807, 2.05) is 12.3 Å². The van der Waals surface area contributed by atoms with E-state index >= 15 is 0 Å². The molecule has 0 bridgehead atoms. The topological polar surface area (TPSA) is 92.3 Å². The molecule has 3 rings (SSSR count). The molecule has 156 valence electrons. The summed E-state index contributed by atoms with van der Waals surface area (Å²) in [6.07, 6.45) is 0.824. The molecule has 0 radical (unpaired) electrons. The summed E-state index contributed by atoms with van der Waals surface area (Å²) in [6, 6.07) is 4.47. The maximum atomic E-state index is 13.1. The lowest BCUT2D eigenvalue weighted by molar-refractivity contribution is -0.172. The summed E-state index contributed by atoms with van der Waals surface area (Å²) >= 11 is 1.72. The molecule has 0 aliphatic heterocycles. The SMILES string of the molecule is CSCCCn1nnnc1C(N[C@@H]1CC[C@H](C(F)(F)F)C1)c1ccc(C#N)nc1. The molecule has 1 fully saturated rings. The molecule has 2 aromatic rings. The van der Waals surface area contributed by atoms with E-state index in [1.165, 1.54) is 0 Å². The van der Waals surface area contributed by atoms with Crippen molar-refractivity contribution in [2.24, 2.45) is 5.92 Å². The average molecular weight is 425 g/mol. The molecule has 7 nitrogen and oxygen atoms in total. The molecule has 3 atom stereocenters. The summed E-state index contributed by atoms with van der Waals surface area (Å²) in [5, 5.41) is 24.3. The third-order valence-electron chi connectivity index (χ3n) is 5.07. The molecule has 0 amide bonds. The highest BCUT2D eigenvalue weighted by Gasteiger charge is 2.44. The van der Waals surface area contributed by atoms with Crippen molar-refractivity contribution in [3.63, 3.8) is 0 Å². The Morgan fingerprint density at radius 1 is 1.38 bits per heavy atom. The Kier molecular flexibility index (Phi) is 7.08. The van der Waals surface area contributed by atoms with Gasteiger partial charge in [0.2, 0.25) is 0 Å². The zero-order valence-electron chi connectivity index (χ0n) is 15.9. The highest BCUT2D eigenvalue weighted by Crippen LogP contribution is 2.39. The number of tetrazole rings is 1. The number of pyridine rings is 1. The molecule has 2 aromatic heterocycles. The van der Waals surface area contributed by atoms with Gasteiger partial charge in [0.25, 0.3) is 0 Å². The number of nitrogens with one attached hydrogen (secondary N) is 1. The summed E-state index contributed by atoms with van der Waals surface area (Å²) in [5.74, 6) is 0.191. The number of aryl methyl sites for hydroxylation is 1. The molecule has 0 aromatic carbocycles. The number of hydrogen-bond acceptors (Lipinski definition) is 7. The Hall–Kier alpha value is -2.19. The number of nitriles is 1.